The van der Waals surface area contributed by atoms with Crippen LogP contribution in [0.3, 0.4) is 0 Å². The maximum atomic E-state index is 13.6. The van der Waals surface area contributed by atoms with Gasteiger partial charge >= 0.3 is 5.97 Å². The summed E-state index contributed by atoms with van der Waals surface area (Å²) in [7, 11) is 0. The molecule has 0 radical (unpaired) electrons. The molecule has 2 aromatic carbocycles. The van der Waals surface area contributed by atoms with Crippen LogP contribution < -0.4 is 11.1 Å². The number of carbonyl (C=O) groups excluding carboxylic acids is 1. The third-order valence-electron chi connectivity index (χ3n) is 6.40. The fraction of sp³-hybridized carbons (Fsp3) is 0.444. The Morgan fingerprint density at radius 1 is 1.14 bits per heavy atom. The molecular formula is C27H35FN4O4. The average Bonchev–Trinajstić information content (AvgIpc) is 2.87. The van der Waals surface area contributed by atoms with Crippen molar-refractivity contribution in [1.29, 1.82) is 0 Å². The minimum atomic E-state index is -0.921. The molecule has 0 heterocycles. The summed E-state index contributed by atoms with van der Waals surface area (Å²) in [5, 5.41) is 16.3. The molecule has 1 amide bonds. The van der Waals surface area contributed by atoms with Crippen molar-refractivity contribution >= 4 is 23.3 Å². The zero-order chi connectivity index (χ0) is 25.9. The lowest BCUT2D eigenvalue weighted by Crippen LogP contribution is -2.32. The summed E-state index contributed by atoms with van der Waals surface area (Å²) in [6, 6.07) is 11.1. The van der Waals surface area contributed by atoms with Crippen molar-refractivity contribution in [2.75, 3.05) is 32.0 Å². The van der Waals surface area contributed by atoms with E-state index in [0.29, 0.717) is 48.1 Å². The van der Waals surface area contributed by atoms with Gasteiger partial charge in [0.25, 0.3) is 5.91 Å². The van der Waals surface area contributed by atoms with Crippen LogP contribution in [0.5, 0.6) is 0 Å². The van der Waals surface area contributed by atoms with Crippen LogP contribution in [0.4, 0.5) is 10.1 Å². The van der Waals surface area contributed by atoms with Gasteiger partial charge in [0.1, 0.15) is 11.5 Å². The van der Waals surface area contributed by atoms with Crippen molar-refractivity contribution in [3.8, 4) is 0 Å². The first-order valence-corrected chi connectivity index (χ1v) is 12.4. The van der Waals surface area contributed by atoms with E-state index in [-0.39, 0.29) is 24.9 Å². The van der Waals surface area contributed by atoms with Crippen LogP contribution in [0.15, 0.2) is 47.6 Å². The predicted octanol–water partition coefficient (Wildman–Crippen LogP) is 3.78. The van der Waals surface area contributed by atoms with Gasteiger partial charge in [0, 0.05) is 29.9 Å². The number of halogens is 1. The second-order valence-electron chi connectivity index (χ2n) is 9.14. The molecular weight excluding hydrogens is 463 g/mol. The fourth-order valence-corrected chi connectivity index (χ4v) is 4.34. The highest BCUT2D eigenvalue weighted by molar-refractivity contribution is 6.12. The molecule has 1 aliphatic rings. The molecule has 0 bridgehead atoms. The Morgan fingerprint density at radius 3 is 2.50 bits per heavy atom. The Morgan fingerprint density at radius 2 is 1.83 bits per heavy atom. The summed E-state index contributed by atoms with van der Waals surface area (Å²) in [4.78, 5) is 30.6. The van der Waals surface area contributed by atoms with Gasteiger partial charge < -0.3 is 21.0 Å². The number of benzene rings is 2. The third-order valence-corrected chi connectivity index (χ3v) is 6.40. The van der Waals surface area contributed by atoms with Crippen LogP contribution in [0, 0.1) is 11.7 Å². The molecule has 8 nitrogen and oxygen atoms in total. The van der Waals surface area contributed by atoms with Gasteiger partial charge in [0.05, 0.1) is 6.54 Å². The van der Waals surface area contributed by atoms with E-state index >= 15 is 0 Å². The number of aliphatic carboxylic acids is 1. The molecule has 2 aromatic rings. The largest absolute Gasteiger partial charge is 0.480 e. The molecule has 0 saturated heterocycles. The van der Waals surface area contributed by atoms with Gasteiger partial charge in [-0.1, -0.05) is 37.4 Å². The van der Waals surface area contributed by atoms with Crippen LogP contribution in [-0.2, 0) is 21.0 Å². The molecule has 9 heteroatoms. The number of hydrogen-bond acceptors (Lipinski definition) is 6. The standard InChI is InChI=1S/C27H35FN4O4/c1-2-32(17-26(34)35)16-22-14-21(10-13-24(22)29)27(20-8-11-23(28)12-9-20)31-36-18-25(33)30-15-19-6-4-3-5-7-19/h8-14,19H,2-7,15-18,29H2,1H3,(H,30,33)(H,34,35)/b31-27+. The van der Waals surface area contributed by atoms with Crippen LogP contribution in [0.2, 0.25) is 0 Å². The average molecular weight is 499 g/mol. The zero-order valence-corrected chi connectivity index (χ0v) is 20.7. The maximum Gasteiger partial charge on any atom is 0.317 e. The number of oxime groups is 1. The van der Waals surface area contributed by atoms with E-state index < -0.39 is 5.97 Å². The predicted molar refractivity (Wildman–Crippen MR) is 137 cm³/mol. The number of carbonyl (C=O) groups is 2. The van der Waals surface area contributed by atoms with Gasteiger partial charge in [-0.2, -0.15) is 0 Å². The molecule has 1 saturated carbocycles. The van der Waals surface area contributed by atoms with Crippen molar-refractivity contribution in [2.24, 2.45) is 11.1 Å². The van der Waals surface area contributed by atoms with Crippen molar-refractivity contribution in [3.05, 3.63) is 65.0 Å². The number of hydrogen-bond donors (Lipinski definition) is 3. The van der Waals surface area contributed by atoms with Gasteiger partial charge in [0.2, 0.25) is 0 Å². The number of likely N-dealkylation sites (N-methyl/N-ethyl adjacent to an activating group) is 1. The molecule has 0 unspecified atom stereocenters. The molecule has 0 aliphatic heterocycles. The summed E-state index contributed by atoms with van der Waals surface area (Å²) in [5.41, 5.74) is 9.09. The Kier molecular flexibility index (Phi) is 10.2. The molecule has 3 rings (SSSR count). The quantitative estimate of drug-likeness (QED) is 0.233. The number of carboxylic acids is 1. The summed E-state index contributed by atoms with van der Waals surface area (Å²) >= 11 is 0. The first-order valence-electron chi connectivity index (χ1n) is 12.4. The summed E-state index contributed by atoms with van der Waals surface area (Å²) in [5.74, 6) is -1.03. The van der Waals surface area contributed by atoms with E-state index in [4.69, 9.17) is 15.7 Å². The lowest BCUT2D eigenvalue weighted by Gasteiger charge is -2.21. The molecule has 0 aromatic heterocycles. The molecule has 36 heavy (non-hydrogen) atoms. The van der Waals surface area contributed by atoms with Crippen LogP contribution in [0.25, 0.3) is 0 Å². The number of anilines is 1. The minimum Gasteiger partial charge on any atom is -0.480 e. The SMILES string of the molecule is CCN(CC(=O)O)Cc1cc(/C(=N/OCC(=O)NCC2CCCCC2)c2ccc(F)cc2)ccc1N. The first-order chi connectivity index (χ1) is 17.4. The number of rotatable bonds is 12. The summed E-state index contributed by atoms with van der Waals surface area (Å²) in [6.07, 6.45) is 5.94. The van der Waals surface area contributed by atoms with Gasteiger partial charge in [0.15, 0.2) is 6.61 Å². The maximum absolute atomic E-state index is 13.6. The highest BCUT2D eigenvalue weighted by Gasteiger charge is 2.16. The first kappa shape index (κ1) is 27.1. The number of carboxylic acid groups (broad SMARTS) is 1. The van der Waals surface area contributed by atoms with Crippen LogP contribution >= 0.6 is 0 Å². The number of nitrogens with zero attached hydrogens (tertiary/aromatic N) is 2. The second-order valence-corrected chi connectivity index (χ2v) is 9.14. The number of nitrogens with two attached hydrogens (primary N) is 1. The Balaban J connectivity index is 1.75. The fourth-order valence-electron chi connectivity index (χ4n) is 4.34. The minimum absolute atomic E-state index is 0.113. The highest BCUT2D eigenvalue weighted by Crippen LogP contribution is 2.23. The second kappa shape index (κ2) is 13.6. The van der Waals surface area contributed by atoms with E-state index in [1.165, 1.54) is 31.4 Å². The lowest BCUT2D eigenvalue weighted by atomic mass is 9.89. The van der Waals surface area contributed by atoms with Crippen LogP contribution in [-0.4, -0.2) is 53.8 Å². The number of nitrogen functional groups attached to an aromatic ring is 1. The highest BCUT2D eigenvalue weighted by atomic mass is 19.1. The summed E-state index contributed by atoms with van der Waals surface area (Å²) < 4.78 is 13.6. The molecule has 4 N–H and O–H groups in total. The number of amides is 1. The smallest absolute Gasteiger partial charge is 0.317 e. The van der Waals surface area contributed by atoms with Gasteiger partial charge in [-0.05, 0) is 67.3 Å². The van der Waals surface area contributed by atoms with E-state index in [0.717, 1.165) is 18.4 Å². The summed E-state index contributed by atoms with van der Waals surface area (Å²) in [6.45, 7) is 3.04. The van der Waals surface area contributed by atoms with Gasteiger partial charge in [-0.3, -0.25) is 14.5 Å². The van der Waals surface area contributed by atoms with Gasteiger partial charge in [-0.15, -0.1) is 0 Å². The van der Waals surface area contributed by atoms with Crippen molar-refractivity contribution in [3.63, 3.8) is 0 Å². The van der Waals surface area contributed by atoms with Crippen LogP contribution in [0.1, 0.15) is 55.7 Å². The monoisotopic (exact) mass is 498 g/mol. The molecule has 0 spiro atoms. The van der Waals surface area contributed by atoms with Gasteiger partial charge in [-0.25, -0.2) is 4.39 Å². The van der Waals surface area contributed by atoms with E-state index in [2.05, 4.69) is 10.5 Å². The van der Waals surface area contributed by atoms with E-state index in [1.807, 2.05) is 13.0 Å². The zero-order valence-electron chi connectivity index (χ0n) is 20.7. The third kappa shape index (κ3) is 8.34. The molecule has 1 fully saturated rings. The van der Waals surface area contributed by atoms with E-state index in [1.54, 1.807) is 29.2 Å². The Labute approximate surface area is 211 Å². The Hall–Kier alpha value is -3.46. The van der Waals surface area contributed by atoms with Crippen molar-refractivity contribution < 1.29 is 23.9 Å². The van der Waals surface area contributed by atoms with Crippen molar-refractivity contribution in [2.45, 2.75) is 45.6 Å². The topological polar surface area (TPSA) is 117 Å². The molecule has 194 valence electrons. The lowest BCUT2D eigenvalue weighted by molar-refractivity contribution is -0.138. The number of nitrogens with one attached hydrogen (secondary N) is 1. The molecule has 0 atom stereocenters. The molecule has 1 aliphatic carbocycles. The van der Waals surface area contributed by atoms with E-state index in [9.17, 15) is 14.0 Å². The normalized spacial score (nSPS) is 14.6. The van der Waals surface area contributed by atoms with Crippen molar-refractivity contribution in [1.82, 2.24) is 10.2 Å². The Bertz CT molecular complexity index is 1050.